The van der Waals surface area contributed by atoms with Gasteiger partial charge in [-0.25, -0.2) is 8.42 Å². The first-order valence-electron chi connectivity index (χ1n) is 6.43. The monoisotopic (exact) mass is 360 g/mol. The van der Waals surface area contributed by atoms with Gasteiger partial charge in [-0.3, -0.25) is 9.52 Å². The first-order valence-corrected chi connectivity index (χ1v) is 9.21. The minimum absolute atomic E-state index is 0.135. The number of alkyl halides is 1. The Labute approximate surface area is 127 Å². The number of hydrogen-bond acceptors (Lipinski definition) is 3. The lowest BCUT2D eigenvalue weighted by Crippen LogP contribution is -2.29. The summed E-state index contributed by atoms with van der Waals surface area (Å²) in [5.41, 5.74) is 1.39. The Morgan fingerprint density at radius 3 is 2.35 bits per heavy atom. The van der Waals surface area contributed by atoms with Crippen molar-refractivity contribution in [3.63, 3.8) is 0 Å². The van der Waals surface area contributed by atoms with E-state index in [9.17, 15) is 13.2 Å². The summed E-state index contributed by atoms with van der Waals surface area (Å²) >= 11 is 2.91. The van der Waals surface area contributed by atoms with Gasteiger partial charge in [-0.1, -0.05) is 28.1 Å². The van der Waals surface area contributed by atoms with E-state index in [1.54, 1.807) is 24.3 Å². The van der Waals surface area contributed by atoms with Gasteiger partial charge in [0.2, 0.25) is 15.9 Å². The van der Waals surface area contributed by atoms with Gasteiger partial charge in [0.05, 0.1) is 6.42 Å². The average Bonchev–Trinajstić information content (AvgIpc) is 2.95. The van der Waals surface area contributed by atoms with Crippen LogP contribution in [0.15, 0.2) is 24.3 Å². The highest BCUT2D eigenvalue weighted by Crippen LogP contribution is 2.15. The van der Waals surface area contributed by atoms with Crippen LogP contribution in [-0.4, -0.2) is 37.0 Å². The van der Waals surface area contributed by atoms with Gasteiger partial charge in [0.1, 0.15) is 4.66 Å². The summed E-state index contributed by atoms with van der Waals surface area (Å²) in [6.45, 7) is 1.70. The average molecular weight is 361 g/mol. The number of amides is 1. The van der Waals surface area contributed by atoms with Crippen LogP contribution in [0.4, 0.5) is 5.69 Å². The fraction of sp³-hybridized carbons (Fsp3) is 0.462. The van der Waals surface area contributed by atoms with Crippen molar-refractivity contribution in [2.75, 3.05) is 22.5 Å². The molecule has 1 heterocycles. The number of anilines is 1. The van der Waals surface area contributed by atoms with Crippen LogP contribution in [-0.2, 0) is 21.2 Å². The van der Waals surface area contributed by atoms with Crippen LogP contribution in [0.2, 0.25) is 0 Å². The van der Waals surface area contributed by atoms with Crippen molar-refractivity contribution in [1.82, 2.24) is 4.90 Å². The fourth-order valence-corrected chi connectivity index (χ4v) is 3.04. The Balaban J connectivity index is 1.96. The largest absolute Gasteiger partial charge is 0.342 e. The van der Waals surface area contributed by atoms with Gasteiger partial charge < -0.3 is 4.90 Å². The lowest BCUT2D eigenvalue weighted by Gasteiger charge is -2.15. The number of halogens is 1. The van der Waals surface area contributed by atoms with Crippen molar-refractivity contribution in [1.29, 1.82) is 0 Å². The maximum Gasteiger partial charge on any atom is 0.242 e. The molecule has 1 N–H and O–H groups in total. The maximum absolute atomic E-state index is 12.0. The van der Waals surface area contributed by atoms with E-state index in [4.69, 9.17) is 0 Å². The topological polar surface area (TPSA) is 66.5 Å². The minimum Gasteiger partial charge on any atom is -0.342 e. The van der Waals surface area contributed by atoms with Crippen LogP contribution >= 0.6 is 15.9 Å². The van der Waals surface area contributed by atoms with Crippen molar-refractivity contribution in [3.8, 4) is 0 Å². The molecule has 1 aliphatic rings. The summed E-state index contributed by atoms with van der Waals surface area (Å²) in [6.07, 6.45) is 2.53. The third kappa shape index (κ3) is 4.21. The standard InChI is InChI=1S/C13H17BrN2O3S/c14-10-20(18,19)15-12-5-3-11(4-6-12)9-13(17)16-7-1-2-8-16/h3-6,15H,1-2,7-10H2. The summed E-state index contributed by atoms with van der Waals surface area (Å²) < 4.78 is 25.1. The number of nitrogens with one attached hydrogen (secondary N) is 1. The molecule has 1 aliphatic heterocycles. The molecule has 1 fully saturated rings. The van der Waals surface area contributed by atoms with Gasteiger partial charge >= 0.3 is 0 Å². The lowest BCUT2D eigenvalue weighted by molar-refractivity contribution is -0.129. The maximum atomic E-state index is 12.0. The number of hydrogen-bond donors (Lipinski definition) is 1. The van der Waals surface area contributed by atoms with Crippen LogP contribution in [0.25, 0.3) is 0 Å². The van der Waals surface area contributed by atoms with E-state index in [0.717, 1.165) is 31.5 Å². The second-order valence-corrected chi connectivity index (χ2v) is 7.81. The molecule has 0 saturated carbocycles. The van der Waals surface area contributed by atoms with Gasteiger partial charge in [-0.15, -0.1) is 0 Å². The van der Waals surface area contributed by atoms with E-state index < -0.39 is 10.0 Å². The van der Waals surface area contributed by atoms with Crippen molar-refractivity contribution >= 4 is 37.5 Å². The Kier molecular flexibility index (Phi) is 5.04. The van der Waals surface area contributed by atoms with Crippen LogP contribution in [0.3, 0.4) is 0 Å². The molecule has 20 heavy (non-hydrogen) atoms. The number of carbonyl (C=O) groups excluding carboxylic acids is 1. The summed E-state index contributed by atoms with van der Waals surface area (Å²) in [7, 11) is -3.33. The number of rotatable bonds is 5. The Morgan fingerprint density at radius 2 is 1.80 bits per heavy atom. The third-order valence-corrected chi connectivity index (χ3v) is 5.83. The molecule has 0 aromatic heterocycles. The normalized spacial score (nSPS) is 15.3. The molecule has 7 heteroatoms. The van der Waals surface area contributed by atoms with E-state index in [-0.39, 0.29) is 10.6 Å². The van der Waals surface area contributed by atoms with Crippen molar-refractivity contribution in [2.45, 2.75) is 19.3 Å². The number of nitrogens with zero attached hydrogens (tertiary/aromatic N) is 1. The lowest BCUT2D eigenvalue weighted by atomic mass is 10.1. The van der Waals surface area contributed by atoms with Gasteiger partial charge in [-0.05, 0) is 30.5 Å². The summed E-state index contributed by atoms with van der Waals surface area (Å²) in [5, 5.41) is 0. The Hall–Kier alpha value is -1.08. The highest BCUT2D eigenvalue weighted by atomic mass is 79.9. The molecule has 2 rings (SSSR count). The zero-order valence-electron chi connectivity index (χ0n) is 11.0. The van der Waals surface area contributed by atoms with Crippen molar-refractivity contribution in [3.05, 3.63) is 29.8 Å². The van der Waals surface area contributed by atoms with Gasteiger partial charge in [0.15, 0.2) is 0 Å². The van der Waals surface area contributed by atoms with E-state index in [2.05, 4.69) is 20.7 Å². The van der Waals surface area contributed by atoms with Crippen molar-refractivity contribution in [2.24, 2.45) is 0 Å². The smallest absolute Gasteiger partial charge is 0.242 e. The summed E-state index contributed by atoms with van der Waals surface area (Å²) in [5.74, 6) is 0.135. The van der Waals surface area contributed by atoms with Crippen LogP contribution in [0.5, 0.6) is 0 Å². The zero-order valence-corrected chi connectivity index (χ0v) is 13.4. The second kappa shape index (κ2) is 6.58. The van der Waals surface area contributed by atoms with Crippen LogP contribution < -0.4 is 4.72 Å². The SMILES string of the molecule is O=C(Cc1ccc(NS(=O)(=O)CBr)cc1)N1CCCC1. The molecule has 1 aromatic rings. The highest BCUT2D eigenvalue weighted by Gasteiger charge is 2.17. The van der Waals surface area contributed by atoms with E-state index in [0.29, 0.717) is 12.1 Å². The van der Waals surface area contributed by atoms with Crippen LogP contribution in [0.1, 0.15) is 18.4 Å². The van der Waals surface area contributed by atoms with Gasteiger partial charge in [0.25, 0.3) is 0 Å². The minimum atomic E-state index is -3.33. The molecule has 0 bridgehead atoms. The molecule has 0 atom stereocenters. The Bertz CT molecular complexity index is 566. The molecule has 110 valence electrons. The predicted octanol–water partition coefficient (Wildman–Crippen LogP) is 1.95. The van der Waals surface area contributed by atoms with Crippen molar-refractivity contribution < 1.29 is 13.2 Å². The number of benzene rings is 1. The van der Waals surface area contributed by atoms with E-state index >= 15 is 0 Å². The number of likely N-dealkylation sites (tertiary alicyclic amines) is 1. The van der Waals surface area contributed by atoms with E-state index in [1.807, 2.05) is 4.90 Å². The number of sulfonamides is 1. The Morgan fingerprint density at radius 1 is 1.20 bits per heavy atom. The molecular formula is C13H17BrN2O3S. The first kappa shape index (κ1) is 15.3. The number of carbonyl (C=O) groups is 1. The molecule has 0 unspecified atom stereocenters. The molecular weight excluding hydrogens is 344 g/mol. The highest BCUT2D eigenvalue weighted by molar-refractivity contribution is 9.10. The summed E-state index contributed by atoms with van der Waals surface area (Å²) in [4.78, 5) is 13.9. The summed E-state index contributed by atoms with van der Waals surface area (Å²) in [6, 6.07) is 6.90. The molecule has 0 radical (unpaired) electrons. The third-order valence-electron chi connectivity index (χ3n) is 3.19. The molecule has 0 aliphatic carbocycles. The molecule has 1 saturated heterocycles. The van der Waals surface area contributed by atoms with Crippen LogP contribution in [0, 0.1) is 0 Å². The molecule has 1 amide bonds. The first-order chi connectivity index (χ1) is 9.50. The quantitative estimate of drug-likeness (QED) is 0.816. The zero-order chi connectivity index (χ0) is 14.6. The molecule has 5 nitrogen and oxygen atoms in total. The van der Waals surface area contributed by atoms with E-state index in [1.165, 1.54) is 0 Å². The van der Waals surface area contributed by atoms with Gasteiger partial charge in [-0.2, -0.15) is 0 Å². The van der Waals surface area contributed by atoms with Gasteiger partial charge in [0, 0.05) is 18.8 Å². The predicted molar refractivity (Wildman–Crippen MR) is 82.3 cm³/mol. The molecule has 1 aromatic carbocycles. The fourth-order valence-electron chi connectivity index (χ4n) is 2.15. The molecule has 0 spiro atoms. The second-order valence-electron chi connectivity index (χ2n) is 4.79.